The number of nitrogens with one attached hydrogen (secondary N) is 1. The Kier molecular flexibility index (Phi) is 8.61. The molecule has 2 amide bonds. The fourth-order valence-electron chi connectivity index (χ4n) is 6.07. The third-order valence-corrected chi connectivity index (χ3v) is 8.02. The van der Waals surface area contributed by atoms with Gasteiger partial charge in [0, 0.05) is 57.3 Å². The predicted molar refractivity (Wildman–Crippen MR) is 156 cm³/mol. The van der Waals surface area contributed by atoms with Crippen LogP contribution in [0, 0.1) is 13.8 Å². The molecule has 2 saturated heterocycles. The minimum atomic E-state index is -0.224. The Bertz CT molecular complexity index is 1410. The van der Waals surface area contributed by atoms with Crippen LogP contribution in [0.15, 0.2) is 42.6 Å². The number of hydrogen-bond acceptors (Lipinski definition) is 6. The van der Waals surface area contributed by atoms with Crippen molar-refractivity contribution in [2.45, 2.75) is 65.1 Å². The molecule has 0 spiro atoms. The summed E-state index contributed by atoms with van der Waals surface area (Å²) in [6.45, 7) is 9.91. The Morgan fingerprint density at radius 3 is 2.73 bits per heavy atom. The van der Waals surface area contributed by atoms with Crippen LogP contribution in [0.1, 0.15) is 65.8 Å². The van der Waals surface area contributed by atoms with Gasteiger partial charge in [-0.1, -0.05) is 12.1 Å². The molecule has 2 aromatic heterocycles. The largest absolute Gasteiger partial charge is 0.380 e. The number of imidazole rings is 1. The van der Waals surface area contributed by atoms with Gasteiger partial charge in [-0.2, -0.15) is 0 Å². The van der Waals surface area contributed by atoms with E-state index in [9.17, 15) is 9.59 Å². The van der Waals surface area contributed by atoms with E-state index in [1.165, 1.54) is 5.56 Å². The van der Waals surface area contributed by atoms with Crippen LogP contribution in [0.2, 0.25) is 0 Å². The van der Waals surface area contributed by atoms with E-state index in [1.807, 2.05) is 18.7 Å². The summed E-state index contributed by atoms with van der Waals surface area (Å²) in [5.74, 6) is 0.314. The number of allylic oxidation sites excluding steroid dienone is 1. The van der Waals surface area contributed by atoms with Gasteiger partial charge in [0.15, 0.2) is 0 Å². The van der Waals surface area contributed by atoms with Crippen molar-refractivity contribution in [1.29, 1.82) is 0 Å². The van der Waals surface area contributed by atoms with E-state index < -0.39 is 0 Å². The number of amides is 2. The summed E-state index contributed by atoms with van der Waals surface area (Å²) < 4.78 is 7.72. The molecule has 2 aliphatic heterocycles. The van der Waals surface area contributed by atoms with Crippen LogP contribution >= 0.6 is 0 Å². The monoisotopic (exact) mass is 544 g/mol. The number of benzene rings is 1. The second kappa shape index (κ2) is 12.3. The number of ether oxygens (including phenoxy) is 1. The molecule has 9 nitrogen and oxygen atoms in total. The molecule has 0 saturated carbocycles. The maximum atomic E-state index is 13.4. The van der Waals surface area contributed by atoms with Gasteiger partial charge in [0.25, 0.3) is 5.91 Å². The van der Waals surface area contributed by atoms with E-state index in [0.29, 0.717) is 18.1 Å². The number of fused-ring (bicyclic) bond motifs is 1. The molecule has 212 valence electrons. The SMILES string of the molecule is C/C=C/C(=O)N1CCCCC(n2c(NC(=O)c3ccnc(C)c3)nc3cc(CN4CCC(OC)C4)cc(C)c32)C1. The van der Waals surface area contributed by atoms with Crippen LogP contribution in [-0.2, 0) is 16.1 Å². The van der Waals surface area contributed by atoms with Gasteiger partial charge in [-0.05, 0) is 81.9 Å². The van der Waals surface area contributed by atoms with Gasteiger partial charge in [-0.25, -0.2) is 4.98 Å². The van der Waals surface area contributed by atoms with Crippen molar-refractivity contribution in [2.24, 2.45) is 0 Å². The number of hydrogen-bond donors (Lipinski definition) is 1. The molecule has 0 bridgehead atoms. The van der Waals surface area contributed by atoms with Crippen LogP contribution < -0.4 is 5.32 Å². The standard InChI is InChI=1S/C31H40N6O3/c1-5-8-28(38)36-13-7-6-9-25(19-36)37-29-21(2)15-23(18-35-14-11-26(20-35)40-4)17-27(29)33-31(37)34-30(39)24-10-12-32-22(3)16-24/h5,8,10,12,15-17,25-26H,6-7,9,11,13-14,18-20H2,1-4H3,(H,33,34,39)/b8-5+. The number of methoxy groups -OCH3 is 1. The molecule has 2 unspecified atom stereocenters. The molecule has 9 heteroatoms. The van der Waals surface area contributed by atoms with Crippen molar-refractivity contribution in [2.75, 3.05) is 38.6 Å². The van der Waals surface area contributed by atoms with Crippen molar-refractivity contribution in [3.8, 4) is 0 Å². The average molecular weight is 545 g/mol. The summed E-state index contributed by atoms with van der Waals surface area (Å²) in [5.41, 5.74) is 5.48. The summed E-state index contributed by atoms with van der Waals surface area (Å²) in [7, 11) is 1.78. The molecule has 2 aliphatic rings. The van der Waals surface area contributed by atoms with Crippen molar-refractivity contribution in [3.05, 3.63) is 65.0 Å². The van der Waals surface area contributed by atoms with Crippen LogP contribution in [0.4, 0.5) is 5.95 Å². The quantitative estimate of drug-likeness (QED) is 0.436. The lowest BCUT2D eigenvalue weighted by atomic mass is 10.1. The molecule has 40 heavy (non-hydrogen) atoms. The highest BCUT2D eigenvalue weighted by molar-refractivity contribution is 6.04. The van der Waals surface area contributed by atoms with Crippen LogP contribution in [0.25, 0.3) is 11.0 Å². The Morgan fingerprint density at radius 2 is 1.98 bits per heavy atom. The zero-order valence-electron chi connectivity index (χ0n) is 24.0. The van der Waals surface area contributed by atoms with Gasteiger partial charge in [-0.15, -0.1) is 0 Å². The number of likely N-dealkylation sites (tertiary alicyclic amines) is 2. The summed E-state index contributed by atoms with van der Waals surface area (Å²) >= 11 is 0. The van der Waals surface area contributed by atoms with E-state index in [0.717, 1.165) is 74.2 Å². The third-order valence-electron chi connectivity index (χ3n) is 8.02. The number of pyridine rings is 1. The zero-order chi connectivity index (χ0) is 28.2. The Labute approximate surface area is 236 Å². The van der Waals surface area contributed by atoms with Crippen LogP contribution in [0.3, 0.4) is 0 Å². The van der Waals surface area contributed by atoms with E-state index >= 15 is 0 Å². The number of anilines is 1. The maximum absolute atomic E-state index is 13.4. The molecule has 2 fully saturated rings. The first kappa shape index (κ1) is 28.0. The summed E-state index contributed by atoms with van der Waals surface area (Å²) in [5, 5.41) is 3.10. The van der Waals surface area contributed by atoms with E-state index in [4.69, 9.17) is 9.72 Å². The van der Waals surface area contributed by atoms with Crippen molar-refractivity contribution in [1.82, 2.24) is 24.3 Å². The number of aromatic nitrogens is 3. The van der Waals surface area contributed by atoms with Gasteiger partial charge in [-0.3, -0.25) is 24.8 Å². The Balaban J connectivity index is 1.53. The molecule has 1 N–H and O–H groups in total. The third kappa shape index (κ3) is 6.10. The van der Waals surface area contributed by atoms with E-state index in [2.05, 4.69) is 38.8 Å². The molecule has 4 heterocycles. The first-order chi connectivity index (χ1) is 19.4. The number of rotatable bonds is 7. The van der Waals surface area contributed by atoms with Crippen LogP contribution in [-0.4, -0.2) is 75.5 Å². The minimum absolute atomic E-state index is 0.0122. The highest BCUT2D eigenvalue weighted by Crippen LogP contribution is 2.33. The highest BCUT2D eigenvalue weighted by Gasteiger charge is 2.28. The molecule has 3 aromatic rings. The zero-order valence-corrected chi connectivity index (χ0v) is 24.0. The summed E-state index contributed by atoms with van der Waals surface area (Å²) in [4.78, 5) is 39.8. The fraction of sp³-hybridized carbons (Fsp3) is 0.484. The van der Waals surface area contributed by atoms with E-state index in [-0.39, 0.29) is 24.0 Å². The van der Waals surface area contributed by atoms with Gasteiger partial charge in [0.1, 0.15) is 0 Å². The van der Waals surface area contributed by atoms with Crippen LogP contribution in [0.5, 0.6) is 0 Å². The summed E-state index contributed by atoms with van der Waals surface area (Å²) in [6, 6.07) is 7.85. The maximum Gasteiger partial charge on any atom is 0.258 e. The van der Waals surface area contributed by atoms with E-state index in [1.54, 1.807) is 37.6 Å². The molecular formula is C31H40N6O3. The second-order valence-electron chi connectivity index (χ2n) is 11.0. The molecule has 5 rings (SSSR count). The molecular weight excluding hydrogens is 504 g/mol. The second-order valence-corrected chi connectivity index (χ2v) is 11.0. The summed E-state index contributed by atoms with van der Waals surface area (Å²) in [6.07, 6.45) is 9.24. The topological polar surface area (TPSA) is 92.6 Å². The number of aryl methyl sites for hydroxylation is 2. The first-order valence-corrected chi connectivity index (χ1v) is 14.3. The average Bonchev–Trinajstić information content (AvgIpc) is 3.44. The molecule has 0 aliphatic carbocycles. The van der Waals surface area contributed by atoms with Gasteiger partial charge >= 0.3 is 0 Å². The van der Waals surface area contributed by atoms with Gasteiger partial charge in [0.05, 0.1) is 23.2 Å². The van der Waals surface area contributed by atoms with Crippen molar-refractivity contribution < 1.29 is 14.3 Å². The minimum Gasteiger partial charge on any atom is -0.380 e. The lowest BCUT2D eigenvalue weighted by molar-refractivity contribution is -0.126. The van der Waals surface area contributed by atoms with Crippen molar-refractivity contribution in [3.63, 3.8) is 0 Å². The molecule has 2 atom stereocenters. The van der Waals surface area contributed by atoms with Crippen molar-refractivity contribution >= 4 is 28.8 Å². The molecule has 0 radical (unpaired) electrons. The predicted octanol–water partition coefficient (Wildman–Crippen LogP) is 4.65. The number of nitrogens with zero attached hydrogens (tertiary/aromatic N) is 5. The number of carbonyl (C=O) groups excluding carboxylic acids is 2. The molecule has 1 aromatic carbocycles. The van der Waals surface area contributed by atoms with Gasteiger partial charge < -0.3 is 14.2 Å². The lowest BCUT2D eigenvalue weighted by Gasteiger charge is -2.26. The fourth-order valence-corrected chi connectivity index (χ4v) is 6.07. The van der Waals surface area contributed by atoms with Gasteiger partial charge in [0.2, 0.25) is 11.9 Å². The normalized spacial score (nSPS) is 20.4. The number of carbonyl (C=O) groups is 2. The Morgan fingerprint density at radius 1 is 1.12 bits per heavy atom. The Hall–Kier alpha value is -3.56. The lowest BCUT2D eigenvalue weighted by Crippen LogP contribution is -2.34. The smallest absolute Gasteiger partial charge is 0.258 e. The first-order valence-electron chi connectivity index (χ1n) is 14.3. The highest BCUT2D eigenvalue weighted by atomic mass is 16.5.